The normalized spacial score (nSPS) is 34.1. The van der Waals surface area contributed by atoms with Gasteiger partial charge in [0.05, 0.1) is 0 Å². The molecule has 2 rings (SSSR count). The molecule has 0 radical (unpaired) electrons. The van der Waals surface area contributed by atoms with Crippen LogP contribution in [-0.2, 0) is 0 Å². The maximum atomic E-state index is 3.79. The Labute approximate surface area is 120 Å². The van der Waals surface area contributed by atoms with Gasteiger partial charge < -0.3 is 10.2 Å². The van der Waals surface area contributed by atoms with Gasteiger partial charge in [0, 0.05) is 19.1 Å². The first kappa shape index (κ1) is 15.3. The fraction of sp³-hybridized carbons (Fsp3) is 1.00. The van der Waals surface area contributed by atoms with Crippen molar-refractivity contribution in [3.8, 4) is 0 Å². The summed E-state index contributed by atoms with van der Waals surface area (Å²) in [5, 5.41) is 3.79. The van der Waals surface area contributed by atoms with E-state index in [1.165, 1.54) is 77.5 Å². The molecule has 2 aliphatic rings. The maximum Gasteiger partial charge on any atom is 0.0107 e. The molecule has 0 bridgehead atoms. The van der Waals surface area contributed by atoms with Crippen LogP contribution in [0.5, 0.6) is 0 Å². The molecule has 2 heteroatoms. The number of likely N-dealkylation sites (tertiary alicyclic amines) is 1. The van der Waals surface area contributed by atoms with Gasteiger partial charge in [-0.1, -0.05) is 20.3 Å². The van der Waals surface area contributed by atoms with Crippen LogP contribution in [0.1, 0.15) is 65.2 Å². The molecule has 2 fully saturated rings. The van der Waals surface area contributed by atoms with Crippen molar-refractivity contribution in [2.75, 3.05) is 26.2 Å². The summed E-state index contributed by atoms with van der Waals surface area (Å²) in [6.07, 6.45) is 11.3. The highest BCUT2D eigenvalue weighted by atomic mass is 15.1. The lowest BCUT2D eigenvalue weighted by atomic mass is 9.87. The Morgan fingerprint density at radius 1 is 1.00 bits per heavy atom. The average molecular weight is 266 g/mol. The van der Waals surface area contributed by atoms with Crippen molar-refractivity contribution in [1.29, 1.82) is 0 Å². The van der Waals surface area contributed by atoms with E-state index in [1.54, 1.807) is 0 Å². The van der Waals surface area contributed by atoms with Crippen LogP contribution in [-0.4, -0.2) is 37.1 Å². The van der Waals surface area contributed by atoms with Gasteiger partial charge in [0.15, 0.2) is 0 Å². The van der Waals surface area contributed by atoms with Gasteiger partial charge in [-0.3, -0.25) is 0 Å². The largest absolute Gasteiger partial charge is 0.313 e. The minimum Gasteiger partial charge on any atom is -0.313 e. The fourth-order valence-electron chi connectivity index (χ4n) is 3.75. The Morgan fingerprint density at radius 2 is 1.79 bits per heavy atom. The van der Waals surface area contributed by atoms with Crippen molar-refractivity contribution in [3.63, 3.8) is 0 Å². The number of rotatable bonds is 5. The lowest BCUT2D eigenvalue weighted by Crippen LogP contribution is -2.39. The highest BCUT2D eigenvalue weighted by Crippen LogP contribution is 2.23. The minimum atomic E-state index is 0.812. The predicted molar refractivity (Wildman–Crippen MR) is 83.5 cm³/mol. The number of hydrogen-bond donors (Lipinski definition) is 1. The van der Waals surface area contributed by atoms with Crippen LogP contribution < -0.4 is 5.32 Å². The zero-order chi connectivity index (χ0) is 13.5. The average Bonchev–Trinajstić information content (AvgIpc) is 2.66. The molecule has 1 aliphatic heterocycles. The zero-order valence-corrected chi connectivity index (χ0v) is 13.2. The summed E-state index contributed by atoms with van der Waals surface area (Å²) in [6, 6.07) is 0.812. The van der Waals surface area contributed by atoms with Gasteiger partial charge in [-0.25, -0.2) is 0 Å². The highest BCUT2D eigenvalue weighted by molar-refractivity contribution is 4.76. The van der Waals surface area contributed by atoms with Gasteiger partial charge in [0.2, 0.25) is 0 Å². The predicted octanol–water partition coefficient (Wildman–Crippen LogP) is 3.67. The Morgan fingerprint density at radius 3 is 2.53 bits per heavy atom. The van der Waals surface area contributed by atoms with Gasteiger partial charge in [0.1, 0.15) is 0 Å². The summed E-state index contributed by atoms with van der Waals surface area (Å²) < 4.78 is 0. The molecule has 1 saturated carbocycles. The molecule has 1 unspecified atom stereocenters. The monoisotopic (exact) mass is 266 g/mol. The lowest BCUT2D eigenvalue weighted by molar-refractivity contribution is 0.257. The Hall–Kier alpha value is -0.0800. The van der Waals surface area contributed by atoms with E-state index < -0.39 is 0 Å². The quantitative estimate of drug-likeness (QED) is 0.817. The summed E-state index contributed by atoms with van der Waals surface area (Å²) in [5.74, 6) is 1.97. The van der Waals surface area contributed by atoms with Gasteiger partial charge in [-0.2, -0.15) is 0 Å². The van der Waals surface area contributed by atoms with Crippen molar-refractivity contribution in [3.05, 3.63) is 0 Å². The van der Waals surface area contributed by atoms with Gasteiger partial charge in [-0.05, 0) is 69.9 Å². The molecule has 0 amide bonds. The van der Waals surface area contributed by atoms with Gasteiger partial charge in [-0.15, -0.1) is 0 Å². The van der Waals surface area contributed by atoms with E-state index in [0.717, 1.165) is 17.9 Å². The van der Waals surface area contributed by atoms with Crippen molar-refractivity contribution < 1.29 is 0 Å². The van der Waals surface area contributed by atoms with Gasteiger partial charge >= 0.3 is 0 Å². The smallest absolute Gasteiger partial charge is 0.0107 e. The third-order valence-corrected chi connectivity index (χ3v) is 5.39. The van der Waals surface area contributed by atoms with E-state index in [-0.39, 0.29) is 0 Å². The van der Waals surface area contributed by atoms with E-state index in [2.05, 4.69) is 24.1 Å². The second kappa shape index (κ2) is 8.26. The van der Waals surface area contributed by atoms with E-state index in [0.29, 0.717) is 0 Å². The molecule has 0 aromatic rings. The van der Waals surface area contributed by atoms with Crippen molar-refractivity contribution >= 4 is 0 Å². The molecule has 1 heterocycles. The third-order valence-electron chi connectivity index (χ3n) is 5.39. The minimum absolute atomic E-state index is 0.812. The topological polar surface area (TPSA) is 15.3 Å². The highest BCUT2D eigenvalue weighted by Gasteiger charge is 2.18. The molecule has 1 N–H and O–H groups in total. The van der Waals surface area contributed by atoms with E-state index >= 15 is 0 Å². The first-order valence-electron chi connectivity index (χ1n) is 8.73. The van der Waals surface area contributed by atoms with Crippen LogP contribution >= 0.6 is 0 Å². The second-order valence-corrected chi connectivity index (χ2v) is 6.96. The fourth-order valence-corrected chi connectivity index (χ4v) is 3.75. The zero-order valence-electron chi connectivity index (χ0n) is 13.2. The number of nitrogens with one attached hydrogen (secondary N) is 1. The molecule has 0 aromatic heterocycles. The van der Waals surface area contributed by atoms with Crippen LogP contribution in [0.15, 0.2) is 0 Å². The SMILES string of the molecule is CCC1CCCN(CCNC2CCC(C)CC2)CC1. The van der Waals surface area contributed by atoms with E-state index in [4.69, 9.17) is 0 Å². The molecule has 1 aliphatic carbocycles. The number of nitrogens with zero attached hydrogens (tertiary/aromatic N) is 1. The number of hydrogen-bond acceptors (Lipinski definition) is 2. The molecule has 19 heavy (non-hydrogen) atoms. The van der Waals surface area contributed by atoms with Crippen LogP contribution in [0.3, 0.4) is 0 Å². The van der Waals surface area contributed by atoms with Crippen molar-refractivity contribution in [1.82, 2.24) is 10.2 Å². The van der Waals surface area contributed by atoms with Crippen molar-refractivity contribution in [2.45, 2.75) is 71.3 Å². The van der Waals surface area contributed by atoms with Crippen LogP contribution in [0, 0.1) is 11.8 Å². The summed E-state index contributed by atoms with van der Waals surface area (Å²) in [7, 11) is 0. The molecule has 112 valence electrons. The standard InChI is InChI=1S/C17H34N2/c1-3-16-5-4-12-19(13-10-16)14-11-18-17-8-6-15(2)7-9-17/h15-18H,3-14H2,1-2H3. The summed E-state index contributed by atoms with van der Waals surface area (Å²) in [4.78, 5) is 2.69. The summed E-state index contributed by atoms with van der Waals surface area (Å²) in [6.45, 7) is 9.89. The van der Waals surface area contributed by atoms with Crippen molar-refractivity contribution in [2.24, 2.45) is 11.8 Å². The Balaban J connectivity index is 1.57. The second-order valence-electron chi connectivity index (χ2n) is 6.96. The van der Waals surface area contributed by atoms with E-state index in [9.17, 15) is 0 Å². The molecule has 2 nitrogen and oxygen atoms in total. The van der Waals surface area contributed by atoms with Gasteiger partial charge in [0.25, 0.3) is 0 Å². The van der Waals surface area contributed by atoms with Crippen LogP contribution in [0.2, 0.25) is 0 Å². The Bertz CT molecular complexity index is 233. The first-order chi connectivity index (χ1) is 9.28. The molecule has 0 aromatic carbocycles. The first-order valence-corrected chi connectivity index (χ1v) is 8.73. The molecular formula is C17H34N2. The molecule has 1 saturated heterocycles. The summed E-state index contributed by atoms with van der Waals surface area (Å²) >= 11 is 0. The molecule has 1 atom stereocenters. The summed E-state index contributed by atoms with van der Waals surface area (Å²) in [5.41, 5.74) is 0. The molecule has 0 spiro atoms. The Kier molecular flexibility index (Phi) is 6.66. The third kappa shape index (κ3) is 5.43. The van der Waals surface area contributed by atoms with Crippen LogP contribution in [0.4, 0.5) is 0 Å². The van der Waals surface area contributed by atoms with E-state index in [1.807, 2.05) is 0 Å². The maximum absolute atomic E-state index is 3.79. The molecular weight excluding hydrogens is 232 g/mol. The van der Waals surface area contributed by atoms with Crippen LogP contribution in [0.25, 0.3) is 0 Å². The lowest BCUT2D eigenvalue weighted by Gasteiger charge is -2.28.